The molecule has 3 heteroatoms. The second kappa shape index (κ2) is 5.54. The Hall–Kier alpha value is -0.310. The van der Waals surface area contributed by atoms with Crippen LogP contribution < -0.4 is 5.32 Å². The molecule has 1 fully saturated rings. The fourth-order valence-corrected chi connectivity index (χ4v) is 2.15. The molecule has 82 valence electrons. The zero-order valence-electron chi connectivity index (χ0n) is 9.27. The first kappa shape index (κ1) is 11.8. The van der Waals surface area contributed by atoms with Gasteiger partial charge in [-0.25, -0.2) is 0 Å². The lowest BCUT2D eigenvalue weighted by Gasteiger charge is -2.26. The van der Waals surface area contributed by atoms with Crippen molar-refractivity contribution in [2.45, 2.75) is 58.0 Å². The predicted molar refractivity (Wildman–Crippen MR) is 63.5 cm³/mol. The summed E-state index contributed by atoms with van der Waals surface area (Å²) in [5, 5.41) is 3.73. The van der Waals surface area contributed by atoms with E-state index >= 15 is 0 Å². The monoisotopic (exact) mass is 215 g/mol. The van der Waals surface area contributed by atoms with Crippen molar-refractivity contribution in [2.75, 3.05) is 6.54 Å². The second-order valence-corrected chi connectivity index (χ2v) is 4.50. The Morgan fingerprint density at radius 1 is 1.29 bits per heavy atom. The first-order valence-electron chi connectivity index (χ1n) is 5.69. The number of unbranched alkanes of at least 4 members (excludes halogenated alkanes) is 2. The average Bonchev–Trinajstić information content (AvgIpc) is 2.55. The van der Waals surface area contributed by atoms with Gasteiger partial charge in [0.2, 0.25) is 0 Å². The van der Waals surface area contributed by atoms with Crippen LogP contribution in [0, 0.1) is 0 Å². The van der Waals surface area contributed by atoms with Gasteiger partial charge in [0.15, 0.2) is 0 Å². The fraction of sp³-hybridized carbons (Fsp3) is 0.909. The van der Waals surface area contributed by atoms with Gasteiger partial charge in [-0.1, -0.05) is 26.7 Å². The topological polar surface area (TPSA) is 21.3 Å². The van der Waals surface area contributed by atoms with E-state index in [1.54, 1.807) is 0 Å². The van der Waals surface area contributed by atoms with Crippen LogP contribution in [0.4, 0.5) is 0 Å². The highest BCUT2D eigenvalue weighted by atomic mass is 32.1. The summed E-state index contributed by atoms with van der Waals surface area (Å²) in [6, 6.07) is 0. The van der Waals surface area contributed by atoms with Crippen molar-refractivity contribution >= 4 is 17.4 Å². The van der Waals surface area contributed by atoms with E-state index in [9.17, 15) is 0 Å². The third-order valence-corrected chi connectivity index (χ3v) is 3.06. The highest BCUT2D eigenvalue weighted by Gasteiger charge is 2.36. The molecule has 1 N–H and O–H groups in total. The van der Waals surface area contributed by atoms with Gasteiger partial charge in [-0.2, -0.15) is 0 Å². The second-order valence-electron chi connectivity index (χ2n) is 4.13. The Balaban J connectivity index is 2.46. The van der Waals surface area contributed by atoms with E-state index in [1.807, 2.05) is 0 Å². The summed E-state index contributed by atoms with van der Waals surface area (Å²) < 4.78 is 5.77. The molecule has 0 unspecified atom stereocenters. The molecule has 0 saturated carbocycles. The van der Waals surface area contributed by atoms with Crippen LogP contribution in [0.5, 0.6) is 0 Å². The molecule has 1 heterocycles. The molecule has 0 aliphatic carbocycles. The van der Waals surface area contributed by atoms with E-state index in [0.717, 1.165) is 19.4 Å². The lowest BCUT2D eigenvalue weighted by Crippen LogP contribution is -2.33. The molecule has 14 heavy (non-hydrogen) atoms. The molecule has 1 saturated heterocycles. The molecule has 0 atom stereocenters. The van der Waals surface area contributed by atoms with Gasteiger partial charge in [0.1, 0.15) is 5.60 Å². The molecule has 1 aliphatic heterocycles. The van der Waals surface area contributed by atoms with Crippen molar-refractivity contribution in [1.29, 1.82) is 0 Å². The van der Waals surface area contributed by atoms with Gasteiger partial charge < -0.3 is 10.1 Å². The molecule has 0 aromatic heterocycles. The lowest BCUT2D eigenvalue weighted by molar-refractivity contribution is 0.0713. The molecule has 1 rings (SSSR count). The number of rotatable bonds is 6. The smallest absolute Gasteiger partial charge is 0.257 e. The van der Waals surface area contributed by atoms with Gasteiger partial charge in [-0.3, -0.25) is 0 Å². The van der Waals surface area contributed by atoms with Gasteiger partial charge in [0, 0.05) is 0 Å². The van der Waals surface area contributed by atoms with Crippen LogP contribution in [0.3, 0.4) is 0 Å². The summed E-state index contributed by atoms with van der Waals surface area (Å²) in [5.74, 6) is 0. The summed E-state index contributed by atoms with van der Waals surface area (Å²) in [4.78, 5) is 0. The van der Waals surface area contributed by atoms with Crippen molar-refractivity contribution in [3.8, 4) is 0 Å². The Morgan fingerprint density at radius 3 is 2.21 bits per heavy atom. The lowest BCUT2D eigenvalue weighted by atomic mass is 9.91. The van der Waals surface area contributed by atoms with Crippen LogP contribution in [0.25, 0.3) is 0 Å². The summed E-state index contributed by atoms with van der Waals surface area (Å²) >= 11 is 5.04. The Labute approximate surface area is 92.4 Å². The Bertz CT molecular complexity index is 186. The first-order valence-corrected chi connectivity index (χ1v) is 6.10. The molecule has 0 spiro atoms. The van der Waals surface area contributed by atoms with Crippen LogP contribution in [-0.2, 0) is 4.74 Å². The molecule has 0 amide bonds. The zero-order chi connectivity index (χ0) is 10.4. The van der Waals surface area contributed by atoms with Crippen LogP contribution in [0.15, 0.2) is 0 Å². The Morgan fingerprint density at radius 2 is 1.86 bits per heavy atom. The minimum absolute atomic E-state index is 0.0170. The zero-order valence-corrected chi connectivity index (χ0v) is 10.1. The van der Waals surface area contributed by atoms with Gasteiger partial charge in [-0.15, -0.1) is 0 Å². The van der Waals surface area contributed by atoms with Gasteiger partial charge in [0.05, 0.1) is 6.54 Å². The molecule has 1 aliphatic rings. The van der Waals surface area contributed by atoms with Crippen molar-refractivity contribution in [1.82, 2.24) is 5.32 Å². The fourth-order valence-electron chi connectivity index (χ4n) is 1.90. The first-order chi connectivity index (χ1) is 6.72. The average molecular weight is 215 g/mol. The number of hydrogen-bond acceptors (Lipinski definition) is 2. The normalized spacial score (nSPS) is 19.1. The van der Waals surface area contributed by atoms with E-state index in [0.29, 0.717) is 5.17 Å². The molecule has 0 bridgehead atoms. The molecule has 0 aromatic rings. The van der Waals surface area contributed by atoms with E-state index in [-0.39, 0.29) is 5.60 Å². The highest BCUT2D eigenvalue weighted by Crippen LogP contribution is 2.28. The van der Waals surface area contributed by atoms with Gasteiger partial charge in [-0.05, 0) is 37.9 Å². The summed E-state index contributed by atoms with van der Waals surface area (Å²) in [7, 11) is 0. The largest absolute Gasteiger partial charge is 0.463 e. The molecular formula is C11H21NOS. The maximum absolute atomic E-state index is 5.77. The Kier molecular flexibility index (Phi) is 4.66. The summed E-state index contributed by atoms with van der Waals surface area (Å²) in [5.41, 5.74) is 0.0170. The van der Waals surface area contributed by atoms with Crippen molar-refractivity contribution in [2.24, 2.45) is 0 Å². The van der Waals surface area contributed by atoms with E-state index in [1.165, 1.54) is 25.7 Å². The van der Waals surface area contributed by atoms with Crippen LogP contribution in [-0.4, -0.2) is 17.3 Å². The van der Waals surface area contributed by atoms with E-state index in [2.05, 4.69) is 19.2 Å². The van der Waals surface area contributed by atoms with Crippen molar-refractivity contribution < 1.29 is 4.74 Å². The maximum atomic E-state index is 5.77. The molecular weight excluding hydrogens is 194 g/mol. The van der Waals surface area contributed by atoms with Crippen LogP contribution in [0.2, 0.25) is 0 Å². The third kappa shape index (κ3) is 3.12. The standard InChI is InChI=1S/C11H21NOS/c1-3-5-7-11(8-6-4-2)9-12-10(14)13-11/h3-9H2,1-2H3,(H,12,14). The molecule has 0 aromatic carbocycles. The summed E-state index contributed by atoms with van der Waals surface area (Å²) in [6.45, 7) is 5.34. The highest BCUT2D eigenvalue weighted by molar-refractivity contribution is 7.80. The molecule has 2 nitrogen and oxygen atoms in total. The maximum Gasteiger partial charge on any atom is 0.257 e. The number of ether oxygens (including phenoxy) is 1. The quantitative estimate of drug-likeness (QED) is 0.688. The number of thiocarbonyl (C=S) groups is 1. The van der Waals surface area contributed by atoms with Crippen LogP contribution >= 0.6 is 12.2 Å². The van der Waals surface area contributed by atoms with Crippen molar-refractivity contribution in [3.63, 3.8) is 0 Å². The predicted octanol–water partition coefficient (Wildman–Crippen LogP) is 3.01. The van der Waals surface area contributed by atoms with Gasteiger partial charge in [0.25, 0.3) is 5.17 Å². The van der Waals surface area contributed by atoms with Gasteiger partial charge >= 0.3 is 0 Å². The summed E-state index contributed by atoms with van der Waals surface area (Å²) in [6.07, 6.45) is 7.18. The number of nitrogens with one attached hydrogen (secondary N) is 1. The van der Waals surface area contributed by atoms with Crippen molar-refractivity contribution in [3.05, 3.63) is 0 Å². The SMILES string of the molecule is CCCCC1(CCCC)CNC(=S)O1. The molecule has 0 radical (unpaired) electrons. The van der Waals surface area contributed by atoms with Crippen LogP contribution in [0.1, 0.15) is 52.4 Å². The van der Waals surface area contributed by atoms with E-state index < -0.39 is 0 Å². The minimum atomic E-state index is 0.0170. The number of hydrogen-bond donors (Lipinski definition) is 1. The van der Waals surface area contributed by atoms with E-state index in [4.69, 9.17) is 17.0 Å². The minimum Gasteiger partial charge on any atom is -0.463 e. The third-order valence-electron chi connectivity index (χ3n) is 2.84.